The van der Waals surface area contributed by atoms with Gasteiger partial charge >= 0.3 is 0 Å². The monoisotopic (exact) mass is 215 g/mol. The summed E-state index contributed by atoms with van der Waals surface area (Å²) in [6.45, 7) is 5.69. The zero-order chi connectivity index (χ0) is 10.9. The van der Waals surface area contributed by atoms with E-state index in [1.807, 2.05) is 20.8 Å². The van der Waals surface area contributed by atoms with Crippen molar-refractivity contribution in [2.75, 3.05) is 0 Å². The van der Waals surface area contributed by atoms with Gasteiger partial charge < -0.3 is 5.11 Å². The Balaban J connectivity index is 3.43. The van der Waals surface area contributed by atoms with Crippen molar-refractivity contribution in [3.63, 3.8) is 0 Å². The van der Waals surface area contributed by atoms with Crippen LogP contribution in [0.2, 0.25) is 5.02 Å². The van der Waals surface area contributed by atoms with Crippen LogP contribution in [0.3, 0.4) is 0 Å². The van der Waals surface area contributed by atoms with Gasteiger partial charge in [-0.2, -0.15) is 0 Å². The largest absolute Gasteiger partial charge is 0.507 e. The maximum atomic E-state index is 9.82. The maximum absolute atomic E-state index is 9.82. The summed E-state index contributed by atoms with van der Waals surface area (Å²) in [7, 11) is 0. The molecule has 0 aliphatic carbocycles. The Hall–Kier alpha value is -0.770. The van der Waals surface area contributed by atoms with Gasteiger partial charge in [-0.15, -0.1) is 0 Å². The highest BCUT2D eigenvalue weighted by Crippen LogP contribution is 2.35. The van der Waals surface area contributed by atoms with Crippen molar-refractivity contribution in [2.45, 2.75) is 27.4 Å². The Kier molecular flexibility index (Phi) is 3.37. The Labute approximate surface area is 88.4 Å². The molecular weight excluding hydrogens is 202 g/mol. The zero-order valence-electron chi connectivity index (χ0n) is 8.52. The molecule has 4 heteroatoms. The Bertz CT molecular complexity index is 335. The van der Waals surface area contributed by atoms with E-state index < -0.39 is 0 Å². The van der Waals surface area contributed by atoms with Crippen LogP contribution in [0.4, 0.5) is 0 Å². The highest BCUT2D eigenvalue weighted by atomic mass is 35.5. The molecule has 0 aliphatic rings. The van der Waals surface area contributed by atoms with Crippen molar-refractivity contribution in [1.29, 1.82) is 0 Å². The van der Waals surface area contributed by atoms with Crippen LogP contribution in [0, 0.1) is 20.8 Å². The fraction of sp³-hybridized carbons (Fsp3) is 0.400. The molecule has 0 spiro atoms. The van der Waals surface area contributed by atoms with E-state index >= 15 is 0 Å². The second-order valence-electron chi connectivity index (χ2n) is 3.33. The van der Waals surface area contributed by atoms with Crippen molar-refractivity contribution >= 4 is 11.6 Å². The minimum Gasteiger partial charge on any atom is -0.507 e. The van der Waals surface area contributed by atoms with Crippen molar-refractivity contribution in [3.8, 4) is 5.75 Å². The molecule has 0 saturated heterocycles. The molecule has 3 nitrogen and oxygen atoms in total. The maximum Gasteiger partial charge on any atom is 0.124 e. The van der Waals surface area contributed by atoms with Crippen LogP contribution in [0.25, 0.3) is 0 Å². The van der Waals surface area contributed by atoms with Gasteiger partial charge in [-0.1, -0.05) is 11.6 Å². The van der Waals surface area contributed by atoms with E-state index in [2.05, 4.69) is 4.84 Å². The van der Waals surface area contributed by atoms with Crippen LogP contribution in [-0.2, 0) is 11.4 Å². The van der Waals surface area contributed by atoms with E-state index in [4.69, 9.17) is 17.5 Å². The summed E-state index contributed by atoms with van der Waals surface area (Å²) in [5.41, 5.74) is 3.13. The fourth-order valence-corrected chi connectivity index (χ4v) is 1.68. The molecule has 0 bridgehead atoms. The first-order chi connectivity index (χ1) is 6.50. The van der Waals surface area contributed by atoms with Gasteiger partial charge in [0.2, 0.25) is 0 Å². The van der Waals surface area contributed by atoms with Gasteiger partial charge in [-0.25, -0.2) is 5.90 Å². The molecule has 0 radical (unpaired) electrons. The summed E-state index contributed by atoms with van der Waals surface area (Å²) < 4.78 is 0. The molecule has 1 rings (SSSR count). The fourth-order valence-electron chi connectivity index (χ4n) is 1.42. The molecule has 1 aromatic carbocycles. The lowest BCUT2D eigenvalue weighted by Gasteiger charge is -2.14. The van der Waals surface area contributed by atoms with Gasteiger partial charge in [-0.3, -0.25) is 4.84 Å². The van der Waals surface area contributed by atoms with Crippen molar-refractivity contribution in [2.24, 2.45) is 5.90 Å². The van der Waals surface area contributed by atoms with E-state index in [-0.39, 0.29) is 12.4 Å². The molecule has 0 aliphatic heterocycles. The SMILES string of the molecule is Cc1c(C)c(Cl)c(C)c(CON)c1O. The van der Waals surface area contributed by atoms with Crippen molar-refractivity contribution in [1.82, 2.24) is 0 Å². The van der Waals surface area contributed by atoms with Crippen LogP contribution in [0.15, 0.2) is 0 Å². The molecule has 0 saturated carbocycles. The number of hydrogen-bond donors (Lipinski definition) is 2. The second kappa shape index (κ2) is 4.17. The summed E-state index contributed by atoms with van der Waals surface area (Å²) in [4.78, 5) is 4.52. The van der Waals surface area contributed by atoms with E-state index in [0.29, 0.717) is 10.6 Å². The van der Waals surface area contributed by atoms with Crippen molar-refractivity contribution in [3.05, 3.63) is 27.3 Å². The second-order valence-corrected chi connectivity index (χ2v) is 3.71. The first-order valence-electron chi connectivity index (χ1n) is 4.29. The number of rotatable bonds is 2. The van der Waals surface area contributed by atoms with Crippen LogP contribution >= 0.6 is 11.6 Å². The first kappa shape index (κ1) is 11.3. The van der Waals surface area contributed by atoms with Gasteiger partial charge in [0.05, 0.1) is 6.61 Å². The number of nitrogens with two attached hydrogens (primary N) is 1. The van der Waals surface area contributed by atoms with Gasteiger partial charge in [0.1, 0.15) is 5.75 Å². The molecule has 0 fully saturated rings. The third-order valence-corrected chi connectivity index (χ3v) is 3.11. The Morgan fingerprint density at radius 1 is 1.21 bits per heavy atom. The lowest BCUT2D eigenvalue weighted by molar-refractivity contribution is 0.121. The summed E-state index contributed by atoms with van der Waals surface area (Å²) >= 11 is 6.09. The predicted octanol–water partition coefficient (Wildman–Crippen LogP) is 2.36. The highest BCUT2D eigenvalue weighted by Gasteiger charge is 2.15. The third kappa shape index (κ3) is 1.71. The molecule has 78 valence electrons. The smallest absolute Gasteiger partial charge is 0.124 e. The van der Waals surface area contributed by atoms with E-state index in [0.717, 1.165) is 16.7 Å². The summed E-state index contributed by atoms with van der Waals surface area (Å²) in [6.07, 6.45) is 0. The molecule has 1 aromatic rings. The van der Waals surface area contributed by atoms with Crippen molar-refractivity contribution < 1.29 is 9.94 Å². The molecular formula is C10H14ClNO2. The highest BCUT2D eigenvalue weighted by molar-refractivity contribution is 6.32. The average molecular weight is 216 g/mol. The number of halogens is 1. The third-order valence-electron chi connectivity index (χ3n) is 2.54. The number of phenolic OH excluding ortho intramolecular Hbond substituents is 1. The molecule has 0 unspecified atom stereocenters. The minimum absolute atomic E-state index is 0.165. The van der Waals surface area contributed by atoms with Gasteiger partial charge in [0.25, 0.3) is 0 Å². The van der Waals surface area contributed by atoms with Crippen LogP contribution in [-0.4, -0.2) is 5.11 Å². The molecule has 0 amide bonds. The minimum atomic E-state index is 0.165. The lowest BCUT2D eigenvalue weighted by atomic mass is 9.99. The molecule has 0 heterocycles. The Morgan fingerprint density at radius 3 is 2.29 bits per heavy atom. The number of aromatic hydroxyl groups is 1. The van der Waals surface area contributed by atoms with E-state index in [1.165, 1.54) is 0 Å². The quantitative estimate of drug-likeness (QED) is 0.745. The first-order valence-corrected chi connectivity index (χ1v) is 4.67. The van der Waals surface area contributed by atoms with Crippen LogP contribution in [0.1, 0.15) is 22.3 Å². The predicted molar refractivity (Wildman–Crippen MR) is 56.3 cm³/mol. The number of benzene rings is 1. The summed E-state index contributed by atoms with van der Waals surface area (Å²) in [5, 5.41) is 10.5. The lowest BCUT2D eigenvalue weighted by Crippen LogP contribution is -2.03. The van der Waals surface area contributed by atoms with Crippen LogP contribution < -0.4 is 5.90 Å². The topological polar surface area (TPSA) is 55.5 Å². The molecule has 0 aromatic heterocycles. The Morgan fingerprint density at radius 2 is 1.79 bits per heavy atom. The van der Waals surface area contributed by atoms with E-state index in [9.17, 15) is 5.11 Å². The summed E-state index contributed by atoms with van der Waals surface area (Å²) in [5.74, 6) is 5.20. The van der Waals surface area contributed by atoms with Gasteiger partial charge in [-0.05, 0) is 37.5 Å². The standard InChI is InChI=1S/C10H14ClNO2/c1-5-6(2)10(13)8(4-14-12)7(3)9(5)11/h13H,4,12H2,1-3H3. The molecule has 3 N–H and O–H groups in total. The average Bonchev–Trinajstić information content (AvgIpc) is 2.19. The van der Waals surface area contributed by atoms with E-state index in [1.54, 1.807) is 0 Å². The number of hydrogen-bond acceptors (Lipinski definition) is 3. The van der Waals surface area contributed by atoms with Gasteiger partial charge in [0, 0.05) is 10.6 Å². The zero-order valence-corrected chi connectivity index (χ0v) is 9.27. The number of phenols is 1. The normalized spacial score (nSPS) is 10.6. The van der Waals surface area contributed by atoms with Gasteiger partial charge in [0.15, 0.2) is 0 Å². The molecule has 14 heavy (non-hydrogen) atoms. The summed E-state index contributed by atoms with van der Waals surface area (Å²) in [6, 6.07) is 0. The molecule has 0 atom stereocenters. The van der Waals surface area contributed by atoms with Crippen LogP contribution in [0.5, 0.6) is 5.75 Å².